The van der Waals surface area contributed by atoms with E-state index < -0.39 is 0 Å². The van der Waals surface area contributed by atoms with E-state index in [4.69, 9.17) is 4.98 Å². The molecule has 0 amide bonds. The van der Waals surface area contributed by atoms with Gasteiger partial charge in [-0.15, -0.1) is 22.0 Å². The summed E-state index contributed by atoms with van der Waals surface area (Å²) in [5, 5.41) is 11.6. The fraction of sp³-hybridized carbons (Fsp3) is 0.333. The lowest BCUT2D eigenvalue weighted by Gasteiger charge is -2.08. The first-order chi connectivity index (χ1) is 10.2. The molecule has 4 nitrogen and oxygen atoms in total. The monoisotopic (exact) mass is 316 g/mol. The van der Waals surface area contributed by atoms with Gasteiger partial charge >= 0.3 is 0 Å². The first-order valence-electron chi connectivity index (χ1n) is 6.94. The molecular formula is C15H16N4S2. The molecule has 1 aromatic carbocycles. The van der Waals surface area contributed by atoms with Crippen LogP contribution in [0.3, 0.4) is 0 Å². The van der Waals surface area contributed by atoms with Crippen LogP contribution in [0.4, 0.5) is 0 Å². The predicted octanol–water partition coefficient (Wildman–Crippen LogP) is 4.11. The van der Waals surface area contributed by atoms with Crippen molar-refractivity contribution in [1.29, 1.82) is 0 Å². The molecule has 0 radical (unpaired) electrons. The van der Waals surface area contributed by atoms with Crippen LogP contribution in [0.1, 0.15) is 19.4 Å². The van der Waals surface area contributed by atoms with E-state index in [2.05, 4.69) is 35.1 Å². The Morgan fingerprint density at radius 2 is 1.67 bits per heavy atom. The zero-order valence-electron chi connectivity index (χ0n) is 12.3. The zero-order chi connectivity index (χ0) is 14.8. The Labute approximate surface area is 132 Å². The number of aromatic nitrogens is 4. The van der Waals surface area contributed by atoms with Gasteiger partial charge in [0.05, 0.1) is 5.52 Å². The molecule has 0 N–H and O–H groups in total. The third-order valence-corrected chi connectivity index (χ3v) is 4.71. The summed E-state index contributed by atoms with van der Waals surface area (Å²) in [6.45, 7) is 6.27. The highest BCUT2D eigenvalue weighted by Crippen LogP contribution is 2.30. The highest BCUT2D eigenvalue weighted by molar-refractivity contribution is 7.99. The maximum Gasteiger partial charge on any atom is 0.189 e. The lowest BCUT2D eigenvalue weighted by Crippen LogP contribution is -1.98. The fourth-order valence-corrected chi connectivity index (χ4v) is 3.53. The topological polar surface area (TPSA) is 51.6 Å². The first kappa shape index (κ1) is 14.5. The number of rotatable bonds is 4. The van der Waals surface area contributed by atoms with Crippen LogP contribution in [-0.2, 0) is 0 Å². The minimum Gasteiger partial charge on any atom is -0.220 e. The first-order valence-corrected chi connectivity index (χ1v) is 8.91. The van der Waals surface area contributed by atoms with E-state index >= 15 is 0 Å². The number of aryl methyl sites for hydroxylation is 1. The average Bonchev–Trinajstić information content (AvgIpc) is 2.48. The van der Waals surface area contributed by atoms with E-state index in [0.29, 0.717) is 0 Å². The van der Waals surface area contributed by atoms with Crippen molar-refractivity contribution >= 4 is 45.5 Å². The Bertz CT molecular complexity index is 804. The van der Waals surface area contributed by atoms with Crippen LogP contribution in [0.15, 0.2) is 28.4 Å². The second-order valence-electron chi connectivity index (χ2n) is 4.55. The smallest absolute Gasteiger partial charge is 0.189 e. The van der Waals surface area contributed by atoms with Crippen molar-refractivity contribution in [2.75, 3.05) is 11.5 Å². The largest absolute Gasteiger partial charge is 0.220 e. The van der Waals surface area contributed by atoms with Gasteiger partial charge in [-0.25, -0.2) is 9.97 Å². The van der Waals surface area contributed by atoms with Gasteiger partial charge in [0.1, 0.15) is 16.1 Å². The number of hydrogen-bond donors (Lipinski definition) is 0. The summed E-state index contributed by atoms with van der Waals surface area (Å²) in [5.41, 5.74) is 3.75. The van der Waals surface area contributed by atoms with Gasteiger partial charge in [-0.1, -0.05) is 43.8 Å². The van der Waals surface area contributed by atoms with E-state index in [1.165, 1.54) is 0 Å². The molecule has 3 aromatic rings. The van der Waals surface area contributed by atoms with Crippen molar-refractivity contribution in [3.8, 4) is 0 Å². The molecule has 0 aliphatic carbocycles. The molecule has 2 aromatic heterocycles. The average molecular weight is 316 g/mol. The second-order valence-corrected chi connectivity index (χ2v) is 7.03. The predicted molar refractivity (Wildman–Crippen MR) is 90.2 cm³/mol. The highest BCUT2D eigenvalue weighted by Gasteiger charge is 2.13. The van der Waals surface area contributed by atoms with Crippen LogP contribution in [-0.4, -0.2) is 31.7 Å². The second kappa shape index (κ2) is 6.15. The van der Waals surface area contributed by atoms with Crippen molar-refractivity contribution in [2.45, 2.75) is 31.0 Å². The van der Waals surface area contributed by atoms with Crippen molar-refractivity contribution in [1.82, 2.24) is 20.2 Å². The van der Waals surface area contributed by atoms with Gasteiger partial charge < -0.3 is 0 Å². The zero-order valence-corrected chi connectivity index (χ0v) is 13.9. The molecule has 0 saturated heterocycles. The van der Waals surface area contributed by atoms with Crippen molar-refractivity contribution < 1.29 is 0 Å². The molecule has 0 atom stereocenters. The molecule has 108 valence electrons. The third kappa shape index (κ3) is 2.70. The van der Waals surface area contributed by atoms with E-state index in [-0.39, 0.29) is 0 Å². The summed E-state index contributed by atoms with van der Waals surface area (Å²) in [4.78, 5) is 9.34. The SMILES string of the molecule is CCSc1nc(SCC)c2nnc3c(C)cccc3c2n1. The molecule has 21 heavy (non-hydrogen) atoms. The van der Waals surface area contributed by atoms with Gasteiger partial charge in [-0.3, -0.25) is 0 Å². The number of thioether (sulfide) groups is 2. The Kier molecular flexibility index (Phi) is 4.26. The summed E-state index contributed by atoms with van der Waals surface area (Å²) in [5.74, 6) is 1.91. The molecule has 3 rings (SSSR count). The highest BCUT2D eigenvalue weighted by atomic mass is 32.2. The summed E-state index contributed by atoms with van der Waals surface area (Å²) in [6.07, 6.45) is 0. The molecule has 0 fully saturated rings. The standard InChI is InChI=1S/C15H16N4S2/c1-4-20-14-13-12(16-15(17-14)21-5-2)10-8-6-7-9(3)11(10)18-19-13/h6-8H,4-5H2,1-3H3. The molecule has 2 heterocycles. The van der Waals surface area contributed by atoms with E-state index in [1.54, 1.807) is 23.5 Å². The number of hydrogen-bond acceptors (Lipinski definition) is 6. The van der Waals surface area contributed by atoms with E-state index in [1.807, 2.05) is 19.1 Å². The maximum atomic E-state index is 4.71. The van der Waals surface area contributed by atoms with Gasteiger partial charge in [-0.05, 0) is 24.0 Å². The molecule has 0 aliphatic rings. The molecule has 6 heteroatoms. The lowest BCUT2D eigenvalue weighted by atomic mass is 10.1. The van der Waals surface area contributed by atoms with Gasteiger partial charge in [0, 0.05) is 5.39 Å². The van der Waals surface area contributed by atoms with Gasteiger partial charge in [-0.2, -0.15) is 0 Å². The van der Waals surface area contributed by atoms with E-state index in [0.717, 1.165) is 49.2 Å². The van der Waals surface area contributed by atoms with Crippen molar-refractivity contribution in [3.63, 3.8) is 0 Å². The molecular weight excluding hydrogens is 300 g/mol. The maximum absolute atomic E-state index is 4.71. The summed E-state index contributed by atoms with van der Waals surface area (Å²) < 4.78 is 0. The van der Waals surface area contributed by atoms with Gasteiger partial charge in [0.25, 0.3) is 0 Å². The molecule has 0 saturated carbocycles. The molecule has 0 aliphatic heterocycles. The fourth-order valence-electron chi connectivity index (χ4n) is 2.21. The molecule has 0 bridgehead atoms. The third-order valence-electron chi connectivity index (χ3n) is 3.13. The van der Waals surface area contributed by atoms with Crippen LogP contribution in [0.5, 0.6) is 0 Å². The number of nitrogens with zero attached hydrogens (tertiary/aromatic N) is 4. The van der Waals surface area contributed by atoms with Crippen LogP contribution < -0.4 is 0 Å². The summed E-state index contributed by atoms with van der Waals surface area (Å²) in [7, 11) is 0. The molecule has 0 spiro atoms. The van der Waals surface area contributed by atoms with Crippen LogP contribution in [0.2, 0.25) is 0 Å². The number of benzene rings is 1. The Morgan fingerprint density at radius 1 is 0.905 bits per heavy atom. The minimum absolute atomic E-state index is 0.806. The number of fused-ring (bicyclic) bond motifs is 3. The van der Waals surface area contributed by atoms with Crippen molar-refractivity contribution in [3.05, 3.63) is 23.8 Å². The van der Waals surface area contributed by atoms with Gasteiger partial charge in [0.2, 0.25) is 0 Å². The van der Waals surface area contributed by atoms with Crippen molar-refractivity contribution in [2.24, 2.45) is 0 Å². The van der Waals surface area contributed by atoms with Crippen LogP contribution >= 0.6 is 23.5 Å². The van der Waals surface area contributed by atoms with Crippen LogP contribution in [0, 0.1) is 6.92 Å². The quantitative estimate of drug-likeness (QED) is 0.312. The normalized spacial score (nSPS) is 11.4. The Morgan fingerprint density at radius 3 is 2.43 bits per heavy atom. The Balaban J connectivity index is 2.37. The lowest BCUT2D eigenvalue weighted by molar-refractivity contribution is 0.913. The van der Waals surface area contributed by atoms with Crippen LogP contribution in [0.25, 0.3) is 21.9 Å². The van der Waals surface area contributed by atoms with Gasteiger partial charge in [0.15, 0.2) is 5.16 Å². The summed E-state index contributed by atoms with van der Waals surface area (Å²) in [6, 6.07) is 6.15. The van der Waals surface area contributed by atoms with E-state index in [9.17, 15) is 0 Å². The summed E-state index contributed by atoms with van der Waals surface area (Å²) >= 11 is 3.35. The Hall–Kier alpha value is -1.40. The molecule has 0 unspecified atom stereocenters. The minimum atomic E-state index is 0.806.